The summed E-state index contributed by atoms with van der Waals surface area (Å²) in [7, 11) is 5.59. The molecule has 0 aromatic heterocycles. The summed E-state index contributed by atoms with van der Waals surface area (Å²) in [6, 6.07) is 0. The molecule has 0 saturated carbocycles. The van der Waals surface area contributed by atoms with Gasteiger partial charge in [-0.25, -0.2) is 0 Å². The van der Waals surface area contributed by atoms with Crippen molar-refractivity contribution in [3.05, 3.63) is 0 Å². The van der Waals surface area contributed by atoms with Crippen LogP contribution in [0.3, 0.4) is 0 Å². The van der Waals surface area contributed by atoms with Crippen LogP contribution in [0.4, 0.5) is 0 Å². The van der Waals surface area contributed by atoms with Crippen LogP contribution in [0.2, 0.25) is 5.82 Å². The normalized spacial score (nSPS) is 22.0. The molecule has 0 heterocycles. The van der Waals surface area contributed by atoms with Crippen LogP contribution >= 0.6 is 12.6 Å². The lowest BCUT2D eigenvalue weighted by Crippen LogP contribution is -2.11. The van der Waals surface area contributed by atoms with Crippen molar-refractivity contribution in [1.82, 2.24) is 0 Å². The lowest BCUT2D eigenvalue weighted by molar-refractivity contribution is 0.560. The first-order valence-corrected chi connectivity index (χ1v) is 3.51. The molecule has 3 atom stereocenters. The molecule has 0 N–H and O–H groups in total. The van der Waals surface area contributed by atoms with E-state index in [0.29, 0.717) is 11.2 Å². The molecule has 2 heteroatoms. The maximum absolute atomic E-state index is 5.59. The van der Waals surface area contributed by atoms with E-state index in [1.807, 2.05) is 6.92 Å². The standard InChI is InChI=1S/C6H13BS/c1-4(5(2)7)6(3)8/h4-6,8H,1-3H3. The monoisotopic (exact) mass is 128 g/mol. The van der Waals surface area contributed by atoms with E-state index in [2.05, 4.69) is 26.5 Å². The third kappa shape index (κ3) is 2.66. The van der Waals surface area contributed by atoms with Crippen molar-refractivity contribution in [2.24, 2.45) is 5.92 Å². The fourth-order valence-electron chi connectivity index (χ4n) is 0.439. The lowest BCUT2D eigenvalue weighted by Gasteiger charge is -2.18. The van der Waals surface area contributed by atoms with Crippen molar-refractivity contribution in [1.29, 1.82) is 0 Å². The van der Waals surface area contributed by atoms with Crippen molar-refractivity contribution in [3.63, 3.8) is 0 Å². The number of thiol groups is 1. The Kier molecular flexibility index (Phi) is 3.62. The molecule has 0 spiro atoms. The molecule has 0 saturated heterocycles. The third-order valence-electron chi connectivity index (χ3n) is 1.59. The Bertz CT molecular complexity index is 53.5. The number of hydrogen-bond donors (Lipinski definition) is 1. The van der Waals surface area contributed by atoms with E-state index in [1.165, 1.54) is 0 Å². The molecule has 3 unspecified atom stereocenters. The van der Waals surface area contributed by atoms with Gasteiger partial charge < -0.3 is 0 Å². The Morgan fingerprint density at radius 1 is 1.25 bits per heavy atom. The summed E-state index contributed by atoms with van der Waals surface area (Å²) in [6.07, 6.45) is 0. The van der Waals surface area contributed by atoms with Gasteiger partial charge in [-0.1, -0.05) is 26.6 Å². The highest BCUT2D eigenvalue weighted by Crippen LogP contribution is 2.20. The van der Waals surface area contributed by atoms with Crippen LogP contribution in [-0.2, 0) is 0 Å². The van der Waals surface area contributed by atoms with Crippen LogP contribution in [0.1, 0.15) is 20.8 Å². The molecular weight excluding hydrogens is 115 g/mol. The molecule has 0 aromatic carbocycles. The molecule has 0 bridgehead atoms. The molecule has 8 heavy (non-hydrogen) atoms. The highest BCUT2D eigenvalue weighted by Gasteiger charge is 2.10. The summed E-state index contributed by atoms with van der Waals surface area (Å²) in [5, 5.41) is 0.412. The number of hydrogen-bond acceptors (Lipinski definition) is 1. The van der Waals surface area contributed by atoms with E-state index in [-0.39, 0.29) is 5.82 Å². The molecule has 0 aromatic rings. The van der Waals surface area contributed by atoms with Gasteiger partial charge in [0, 0.05) is 5.25 Å². The van der Waals surface area contributed by atoms with Crippen LogP contribution in [0.25, 0.3) is 0 Å². The maximum atomic E-state index is 5.59. The Hall–Kier alpha value is 0.415. The van der Waals surface area contributed by atoms with Crippen molar-refractivity contribution in [3.8, 4) is 0 Å². The van der Waals surface area contributed by atoms with Gasteiger partial charge in [0.25, 0.3) is 0 Å². The van der Waals surface area contributed by atoms with Crippen LogP contribution in [0.15, 0.2) is 0 Å². The van der Waals surface area contributed by atoms with E-state index >= 15 is 0 Å². The van der Waals surface area contributed by atoms with Crippen LogP contribution in [0, 0.1) is 5.92 Å². The highest BCUT2D eigenvalue weighted by molar-refractivity contribution is 7.80. The van der Waals surface area contributed by atoms with Crippen molar-refractivity contribution >= 4 is 20.5 Å². The molecule has 0 rings (SSSR count). The first-order valence-electron chi connectivity index (χ1n) is 2.99. The van der Waals surface area contributed by atoms with Gasteiger partial charge in [0.2, 0.25) is 0 Å². The SMILES string of the molecule is [B]C(C)C(C)C(C)S. The van der Waals surface area contributed by atoms with Crippen LogP contribution in [0.5, 0.6) is 0 Å². The predicted octanol–water partition coefficient (Wildman–Crippen LogP) is 1.92. The smallest absolute Gasteiger partial charge is 0.0699 e. The van der Waals surface area contributed by atoms with Gasteiger partial charge in [0.05, 0.1) is 7.85 Å². The van der Waals surface area contributed by atoms with E-state index in [0.717, 1.165) is 0 Å². The van der Waals surface area contributed by atoms with Crippen LogP contribution < -0.4 is 0 Å². The van der Waals surface area contributed by atoms with E-state index in [9.17, 15) is 0 Å². The van der Waals surface area contributed by atoms with Crippen LogP contribution in [-0.4, -0.2) is 13.1 Å². The largest absolute Gasteiger partial charge is 0.176 e. The molecule has 0 aliphatic rings. The van der Waals surface area contributed by atoms with Crippen molar-refractivity contribution in [2.45, 2.75) is 31.8 Å². The first-order chi connectivity index (χ1) is 3.55. The molecule has 0 nitrogen and oxygen atoms in total. The second-order valence-electron chi connectivity index (χ2n) is 2.46. The Morgan fingerprint density at radius 3 is 1.62 bits per heavy atom. The Labute approximate surface area is 58.9 Å². The van der Waals surface area contributed by atoms with Gasteiger partial charge in [-0.05, 0) is 5.92 Å². The van der Waals surface area contributed by atoms with Gasteiger partial charge in [0.15, 0.2) is 0 Å². The van der Waals surface area contributed by atoms with E-state index in [4.69, 9.17) is 7.85 Å². The van der Waals surface area contributed by atoms with Gasteiger partial charge in [0.1, 0.15) is 0 Å². The summed E-state index contributed by atoms with van der Waals surface area (Å²) in [4.78, 5) is 0. The highest BCUT2D eigenvalue weighted by atomic mass is 32.1. The first kappa shape index (κ1) is 8.41. The fraction of sp³-hybridized carbons (Fsp3) is 1.00. The zero-order chi connectivity index (χ0) is 6.73. The zero-order valence-corrected chi connectivity index (χ0v) is 6.65. The minimum atomic E-state index is 0.266. The maximum Gasteiger partial charge on any atom is 0.0699 e. The minimum Gasteiger partial charge on any atom is -0.176 e. The molecule has 46 valence electrons. The average molecular weight is 128 g/mol. The number of rotatable bonds is 2. The molecule has 2 radical (unpaired) electrons. The molecule has 0 aliphatic heterocycles. The summed E-state index contributed by atoms with van der Waals surface area (Å²) >= 11 is 4.25. The zero-order valence-electron chi connectivity index (χ0n) is 5.76. The summed E-state index contributed by atoms with van der Waals surface area (Å²) in [5.74, 6) is 0.779. The second kappa shape index (κ2) is 3.44. The van der Waals surface area contributed by atoms with Crippen molar-refractivity contribution < 1.29 is 0 Å². The Morgan fingerprint density at radius 2 is 1.62 bits per heavy atom. The summed E-state index contributed by atoms with van der Waals surface area (Å²) in [6.45, 7) is 6.19. The molecule has 0 aliphatic carbocycles. The lowest BCUT2D eigenvalue weighted by atomic mass is 9.78. The second-order valence-corrected chi connectivity index (χ2v) is 3.27. The third-order valence-corrected chi connectivity index (χ3v) is 2.06. The fourth-order valence-corrected chi connectivity index (χ4v) is 0.711. The summed E-state index contributed by atoms with van der Waals surface area (Å²) < 4.78 is 0. The Balaban J connectivity index is 3.46. The van der Waals surface area contributed by atoms with E-state index < -0.39 is 0 Å². The van der Waals surface area contributed by atoms with Gasteiger partial charge in [-0.15, -0.1) is 0 Å². The average Bonchev–Trinajstić information content (AvgIpc) is 1.64. The quantitative estimate of drug-likeness (QED) is 0.426. The minimum absolute atomic E-state index is 0.266. The summed E-state index contributed by atoms with van der Waals surface area (Å²) in [5.41, 5.74) is 0. The molecule has 0 fully saturated rings. The van der Waals surface area contributed by atoms with E-state index in [1.54, 1.807) is 0 Å². The topological polar surface area (TPSA) is 0 Å². The van der Waals surface area contributed by atoms with Gasteiger partial charge in [-0.3, -0.25) is 0 Å². The van der Waals surface area contributed by atoms with Crippen molar-refractivity contribution in [2.75, 3.05) is 0 Å². The van der Waals surface area contributed by atoms with Gasteiger partial charge >= 0.3 is 0 Å². The molecule has 0 amide bonds. The molecular formula is C6H13BS. The predicted molar refractivity (Wildman–Crippen MR) is 42.8 cm³/mol. The van der Waals surface area contributed by atoms with Gasteiger partial charge in [-0.2, -0.15) is 12.6 Å².